The van der Waals surface area contributed by atoms with Crippen molar-refractivity contribution in [2.45, 2.75) is 96.8 Å². The summed E-state index contributed by atoms with van der Waals surface area (Å²) in [6.45, 7) is 4.36. The van der Waals surface area contributed by atoms with E-state index in [2.05, 4.69) is 31.2 Å². The van der Waals surface area contributed by atoms with Crippen LogP contribution >= 0.6 is 0 Å². The van der Waals surface area contributed by atoms with Crippen molar-refractivity contribution < 1.29 is 13.5 Å². The fourth-order valence-electron chi connectivity index (χ4n) is 6.51. The Morgan fingerprint density at radius 1 is 0.735 bits per heavy atom. The zero-order chi connectivity index (χ0) is 23.9. The van der Waals surface area contributed by atoms with Gasteiger partial charge in [0.2, 0.25) is 5.82 Å². The summed E-state index contributed by atoms with van der Waals surface area (Å²) in [7, 11) is 0. The van der Waals surface area contributed by atoms with E-state index in [1.165, 1.54) is 69.8 Å². The molecule has 0 heterocycles. The van der Waals surface area contributed by atoms with E-state index in [4.69, 9.17) is 4.74 Å². The van der Waals surface area contributed by atoms with Gasteiger partial charge in [0.1, 0.15) is 0 Å². The summed E-state index contributed by atoms with van der Waals surface area (Å²) in [6, 6.07) is 12.7. The van der Waals surface area contributed by atoms with E-state index in [9.17, 15) is 8.78 Å². The molecular weight excluding hydrogens is 426 g/mol. The van der Waals surface area contributed by atoms with Gasteiger partial charge in [0.15, 0.2) is 11.6 Å². The van der Waals surface area contributed by atoms with Crippen LogP contribution in [0.15, 0.2) is 36.4 Å². The first kappa shape index (κ1) is 25.2. The Morgan fingerprint density at radius 2 is 1.38 bits per heavy atom. The van der Waals surface area contributed by atoms with Gasteiger partial charge in [0, 0.05) is 0 Å². The Morgan fingerprint density at radius 3 is 2.00 bits per heavy atom. The van der Waals surface area contributed by atoms with E-state index in [1.807, 2.05) is 0 Å². The van der Waals surface area contributed by atoms with E-state index in [0.29, 0.717) is 24.5 Å². The molecule has 0 spiro atoms. The lowest BCUT2D eigenvalue weighted by atomic mass is 9.68. The molecule has 2 saturated carbocycles. The molecule has 2 aliphatic rings. The molecular formula is C31H42F2O. The molecule has 0 aromatic heterocycles. The first-order valence-electron chi connectivity index (χ1n) is 13.8. The maximum Gasteiger partial charge on any atom is 0.200 e. The van der Waals surface area contributed by atoms with Gasteiger partial charge >= 0.3 is 0 Å². The fourth-order valence-corrected chi connectivity index (χ4v) is 6.51. The zero-order valence-electron chi connectivity index (χ0n) is 21.1. The molecule has 0 amide bonds. The third-order valence-corrected chi connectivity index (χ3v) is 8.57. The number of benzene rings is 2. The average molecular weight is 469 g/mol. The molecule has 0 radical (unpaired) electrons. The Hall–Kier alpha value is -1.90. The lowest BCUT2D eigenvalue weighted by molar-refractivity contribution is 0.157. The number of halogens is 2. The normalized spacial score (nSPS) is 25.3. The number of aryl methyl sites for hydroxylation is 2. The molecule has 1 nitrogen and oxygen atoms in total. The van der Waals surface area contributed by atoms with Crippen molar-refractivity contribution >= 4 is 0 Å². The molecule has 4 rings (SSSR count). The van der Waals surface area contributed by atoms with Crippen molar-refractivity contribution in [3.8, 4) is 5.75 Å². The van der Waals surface area contributed by atoms with Gasteiger partial charge in [-0.15, -0.1) is 0 Å². The van der Waals surface area contributed by atoms with Crippen LogP contribution in [0.25, 0.3) is 0 Å². The summed E-state index contributed by atoms with van der Waals surface area (Å²) < 4.78 is 33.7. The lowest BCUT2D eigenvalue weighted by Crippen LogP contribution is -2.25. The van der Waals surface area contributed by atoms with Crippen LogP contribution in [-0.2, 0) is 12.8 Å². The monoisotopic (exact) mass is 468 g/mol. The van der Waals surface area contributed by atoms with Gasteiger partial charge in [0.05, 0.1) is 6.61 Å². The van der Waals surface area contributed by atoms with Gasteiger partial charge < -0.3 is 4.74 Å². The maximum absolute atomic E-state index is 14.4. The third kappa shape index (κ3) is 6.20. The minimum absolute atomic E-state index is 0.0208. The second-order valence-electron chi connectivity index (χ2n) is 10.7. The number of hydrogen-bond donors (Lipinski definition) is 0. The van der Waals surface area contributed by atoms with Crippen molar-refractivity contribution in [3.05, 3.63) is 64.7 Å². The van der Waals surface area contributed by atoms with Crippen LogP contribution < -0.4 is 4.74 Å². The van der Waals surface area contributed by atoms with Crippen LogP contribution in [0, 0.1) is 29.4 Å². The number of ether oxygens (including phenoxy) is 1. The summed E-state index contributed by atoms with van der Waals surface area (Å²) >= 11 is 0. The van der Waals surface area contributed by atoms with E-state index in [1.54, 1.807) is 24.6 Å². The van der Waals surface area contributed by atoms with Gasteiger partial charge in [-0.05, 0) is 111 Å². The van der Waals surface area contributed by atoms with Crippen LogP contribution in [0.4, 0.5) is 8.78 Å². The van der Waals surface area contributed by atoms with Crippen molar-refractivity contribution in [1.29, 1.82) is 0 Å². The van der Waals surface area contributed by atoms with Gasteiger partial charge in [-0.25, -0.2) is 4.39 Å². The molecule has 3 heteroatoms. The zero-order valence-corrected chi connectivity index (χ0v) is 21.1. The van der Waals surface area contributed by atoms with E-state index < -0.39 is 11.6 Å². The predicted molar refractivity (Wildman–Crippen MR) is 136 cm³/mol. The van der Waals surface area contributed by atoms with Crippen molar-refractivity contribution in [2.75, 3.05) is 6.61 Å². The van der Waals surface area contributed by atoms with Crippen LogP contribution in [-0.4, -0.2) is 6.61 Å². The highest BCUT2D eigenvalue weighted by Crippen LogP contribution is 2.44. The van der Waals surface area contributed by atoms with Crippen LogP contribution in [0.5, 0.6) is 5.75 Å². The van der Waals surface area contributed by atoms with Crippen LogP contribution in [0.3, 0.4) is 0 Å². The Bertz CT molecular complexity index is 890. The lowest BCUT2D eigenvalue weighted by Gasteiger charge is -2.38. The maximum atomic E-state index is 14.4. The van der Waals surface area contributed by atoms with E-state index in [-0.39, 0.29) is 5.75 Å². The van der Waals surface area contributed by atoms with E-state index in [0.717, 1.165) is 24.2 Å². The molecule has 0 N–H and O–H groups in total. The summed E-state index contributed by atoms with van der Waals surface area (Å²) in [4.78, 5) is 0. The molecule has 186 valence electrons. The van der Waals surface area contributed by atoms with Gasteiger partial charge in [-0.2, -0.15) is 4.39 Å². The molecule has 0 bridgehead atoms. The second-order valence-corrected chi connectivity index (χ2v) is 10.7. The summed E-state index contributed by atoms with van der Waals surface area (Å²) in [5, 5.41) is 0. The van der Waals surface area contributed by atoms with Crippen LogP contribution in [0.2, 0.25) is 0 Å². The highest BCUT2D eigenvalue weighted by Gasteiger charge is 2.31. The summed E-state index contributed by atoms with van der Waals surface area (Å²) in [5.41, 5.74) is 3.50. The largest absolute Gasteiger partial charge is 0.491 e. The van der Waals surface area contributed by atoms with Crippen molar-refractivity contribution in [3.63, 3.8) is 0 Å². The minimum Gasteiger partial charge on any atom is -0.491 e. The molecule has 2 aromatic rings. The second kappa shape index (κ2) is 12.2. The Kier molecular flexibility index (Phi) is 9.03. The van der Waals surface area contributed by atoms with Gasteiger partial charge in [0.25, 0.3) is 0 Å². The quantitative estimate of drug-likeness (QED) is 0.357. The smallest absolute Gasteiger partial charge is 0.200 e. The standard InChI is InChI=1S/C31H42F2O/c1-3-5-22-6-11-24(12-7-22)26-16-18-27(19-17-26)25-13-8-23(9-14-25)10-15-28-20-21-29(34-4-2)31(33)30(28)32/h6-7,11-12,20-21,23,25-27H,3-5,8-10,13-19H2,1-2H3. The molecule has 0 unspecified atom stereocenters. The first-order valence-corrected chi connectivity index (χ1v) is 13.8. The van der Waals surface area contributed by atoms with Gasteiger partial charge in [-0.1, -0.05) is 56.5 Å². The Labute approximate surface area is 205 Å². The predicted octanol–water partition coefficient (Wildman–Crippen LogP) is 9.03. The van der Waals surface area contributed by atoms with Gasteiger partial charge in [-0.3, -0.25) is 0 Å². The molecule has 34 heavy (non-hydrogen) atoms. The fraction of sp³-hybridized carbons (Fsp3) is 0.613. The third-order valence-electron chi connectivity index (χ3n) is 8.57. The molecule has 2 aliphatic carbocycles. The molecule has 0 atom stereocenters. The minimum atomic E-state index is -0.837. The molecule has 0 aliphatic heterocycles. The summed E-state index contributed by atoms with van der Waals surface area (Å²) in [6.07, 6.45) is 14.5. The number of rotatable bonds is 9. The SMILES string of the molecule is CCCc1ccc(C2CCC(C3CCC(CCc4ccc(OCC)c(F)c4F)CC3)CC2)cc1. The molecule has 0 saturated heterocycles. The summed E-state index contributed by atoms with van der Waals surface area (Å²) in [5.74, 6) is 1.59. The highest BCUT2D eigenvalue weighted by molar-refractivity contribution is 5.31. The van der Waals surface area contributed by atoms with Crippen molar-refractivity contribution in [1.82, 2.24) is 0 Å². The van der Waals surface area contributed by atoms with Crippen molar-refractivity contribution in [2.24, 2.45) is 17.8 Å². The number of hydrogen-bond acceptors (Lipinski definition) is 1. The topological polar surface area (TPSA) is 9.23 Å². The van der Waals surface area contributed by atoms with Crippen LogP contribution in [0.1, 0.15) is 101 Å². The molecule has 2 fully saturated rings. The Balaban J connectivity index is 1.20. The first-order chi connectivity index (χ1) is 16.6. The molecule has 2 aromatic carbocycles. The highest BCUT2D eigenvalue weighted by atomic mass is 19.2. The average Bonchev–Trinajstić information content (AvgIpc) is 2.88. The van der Waals surface area contributed by atoms with E-state index >= 15 is 0 Å².